The van der Waals surface area contributed by atoms with E-state index in [-0.39, 0.29) is 18.7 Å². The zero-order chi connectivity index (χ0) is 13.5. The van der Waals surface area contributed by atoms with Crippen LogP contribution in [0.2, 0.25) is 0 Å². The highest BCUT2D eigenvalue weighted by molar-refractivity contribution is 5.22. The van der Waals surface area contributed by atoms with Crippen LogP contribution in [-0.4, -0.2) is 41.4 Å². The molecule has 1 rings (SSSR count). The molecule has 0 fully saturated rings. The van der Waals surface area contributed by atoms with Crippen LogP contribution in [0.5, 0.6) is 0 Å². The van der Waals surface area contributed by atoms with Crippen molar-refractivity contribution in [2.75, 3.05) is 26.2 Å². The van der Waals surface area contributed by atoms with Crippen molar-refractivity contribution in [3.05, 3.63) is 48.1 Å². The molecule has 1 aromatic rings. The van der Waals surface area contributed by atoms with Crippen molar-refractivity contribution in [3.8, 4) is 0 Å². The van der Waals surface area contributed by atoms with E-state index in [9.17, 15) is 13.9 Å². The number of halogens is 2. The van der Waals surface area contributed by atoms with E-state index in [1.54, 1.807) is 11.0 Å². The summed E-state index contributed by atoms with van der Waals surface area (Å²) in [6, 6.07) is 3.45. The molecule has 0 aliphatic heterocycles. The first-order valence-corrected chi connectivity index (χ1v) is 5.66. The lowest BCUT2D eigenvalue weighted by Gasteiger charge is -2.23. The Hall–Kier alpha value is -1.30. The second-order valence-corrected chi connectivity index (χ2v) is 3.92. The number of aliphatic hydroxyl groups is 2. The summed E-state index contributed by atoms with van der Waals surface area (Å²) in [6.45, 7) is 4.21. The van der Waals surface area contributed by atoms with E-state index < -0.39 is 17.7 Å². The summed E-state index contributed by atoms with van der Waals surface area (Å²) in [5.74, 6) is -1.55. The Morgan fingerprint density at radius 3 is 2.44 bits per heavy atom. The fourth-order valence-corrected chi connectivity index (χ4v) is 1.75. The van der Waals surface area contributed by atoms with Gasteiger partial charge in [0.15, 0.2) is 0 Å². The number of nitrogens with zero attached hydrogens (tertiary/aromatic N) is 1. The van der Waals surface area contributed by atoms with Gasteiger partial charge in [-0.15, -0.1) is 6.58 Å². The minimum atomic E-state index is -1.28. The van der Waals surface area contributed by atoms with E-state index >= 15 is 0 Å². The summed E-state index contributed by atoms with van der Waals surface area (Å²) in [5.41, 5.74) is -0.343. The van der Waals surface area contributed by atoms with Crippen LogP contribution < -0.4 is 0 Å². The number of rotatable bonds is 7. The highest BCUT2D eigenvalue weighted by Gasteiger charge is 2.19. The van der Waals surface area contributed by atoms with E-state index in [4.69, 9.17) is 5.11 Å². The quantitative estimate of drug-likeness (QED) is 0.727. The molecule has 0 aliphatic carbocycles. The molecule has 0 saturated heterocycles. The van der Waals surface area contributed by atoms with E-state index in [1.165, 1.54) is 6.07 Å². The Kier molecular flexibility index (Phi) is 5.91. The summed E-state index contributed by atoms with van der Waals surface area (Å²) < 4.78 is 26.9. The van der Waals surface area contributed by atoms with Crippen LogP contribution in [0.1, 0.15) is 11.7 Å². The van der Waals surface area contributed by atoms with Gasteiger partial charge in [-0.3, -0.25) is 4.90 Å². The normalized spacial score (nSPS) is 12.7. The van der Waals surface area contributed by atoms with Gasteiger partial charge in [-0.1, -0.05) is 12.1 Å². The van der Waals surface area contributed by atoms with Crippen LogP contribution in [0.15, 0.2) is 30.9 Å². The third-order valence-corrected chi connectivity index (χ3v) is 2.57. The van der Waals surface area contributed by atoms with Gasteiger partial charge in [-0.25, -0.2) is 8.78 Å². The van der Waals surface area contributed by atoms with Gasteiger partial charge in [0.1, 0.15) is 11.6 Å². The summed E-state index contributed by atoms with van der Waals surface area (Å²) in [6.07, 6.45) is 0.317. The SMILES string of the molecule is C=CCN(CCO)CC(O)c1c(F)cccc1F. The van der Waals surface area contributed by atoms with E-state index in [0.29, 0.717) is 13.1 Å². The number of hydrogen-bond donors (Lipinski definition) is 2. The largest absolute Gasteiger partial charge is 0.395 e. The van der Waals surface area contributed by atoms with E-state index in [2.05, 4.69) is 6.58 Å². The molecule has 5 heteroatoms. The van der Waals surface area contributed by atoms with Crippen molar-refractivity contribution in [3.63, 3.8) is 0 Å². The number of benzene rings is 1. The lowest BCUT2D eigenvalue weighted by Crippen LogP contribution is -2.32. The third-order valence-electron chi connectivity index (χ3n) is 2.57. The Bertz CT molecular complexity index is 378. The topological polar surface area (TPSA) is 43.7 Å². The Balaban J connectivity index is 2.79. The fraction of sp³-hybridized carbons (Fsp3) is 0.385. The Labute approximate surface area is 105 Å². The lowest BCUT2D eigenvalue weighted by atomic mass is 10.1. The molecule has 0 radical (unpaired) electrons. The first-order valence-electron chi connectivity index (χ1n) is 5.66. The third kappa shape index (κ3) is 3.87. The second-order valence-electron chi connectivity index (χ2n) is 3.92. The maximum Gasteiger partial charge on any atom is 0.131 e. The van der Waals surface area contributed by atoms with Gasteiger partial charge in [-0.2, -0.15) is 0 Å². The predicted octanol–water partition coefficient (Wildman–Crippen LogP) is 1.48. The molecular weight excluding hydrogens is 240 g/mol. The first kappa shape index (κ1) is 14.8. The summed E-state index contributed by atoms with van der Waals surface area (Å²) in [4.78, 5) is 1.66. The minimum Gasteiger partial charge on any atom is -0.395 e. The maximum atomic E-state index is 13.4. The highest BCUT2D eigenvalue weighted by atomic mass is 19.1. The molecule has 0 amide bonds. The summed E-state index contributed by atoms with van der Waals surface area (Å²) >= 11 is 0. The van der Waals surface area contributed by atoms with Gasteiger partial charge in [0.25, 0.3) is 0 Å². The average molecular weight is 257 g/mol. The van der Waals surface area contributed by atoms with Gasteiger partial charge in [-0.05, 0) is 12.1 Å². The van der Waals surface area contributed by atoms with Crippen LogP contribution in [0.3, 0.4) is 0 Å². The van der Waals surface area contributed by atoms with Gasteiger partial charge in [0.2, 0.25) is 0 Å². The molecule has 0 bridgehead atoms. The number of aliphatic hydroxyl groups excluding tert-OH is 2. The van der Waals surface area contributed by atoms with Crippen LogP contribution in [-0.2, 0) is 0 Å². The molecule has 0 aliphatic rings. The van der Waals surface area contributed by atoms with Gasteiger partial charge >= 0.3 is 0 Å². The van der Waals surface area contributed by atoms with Gasteiger partial charge in [0.05, 0.1) is 18.3 Å². The molecule has 0 saturated carbocycles. The van der Waals surface area contributed by atoms with Crippen molar-refractivity contribution in [1.82, 2.24) is 4.90 Å². The summed E-state index contributed by atoms with van der Waals surface area (Å²) in [5, 5.41) is 18.7. The van der Waals surface area contributed by atoms with E-state index in [1.807, 2.05) is 0 Å². The molecule has 2 N–H and O–H groups in total. The summed E-state index contributed by atoms with van der Waals surface area (Å²) in [7, 11) is 0. The van der Waals surface area contributed by atoms with Crippen LogP contribution in [0.4, 0.5) is 8.78 Å². The molecule has 0 heterocycles. The Morgan fingerprint density at radius 1 is 1.33 bits per heavy atom. The lowest BCUT2D eigenvalue weighted by molar-refractivity contribution is 0.101. The first-order chi connectivity index (χ1) is 8.60. The predicted molar refractivity (Wildman–Crippen MR) is 65.0 cm³/mol. The molecule has 3 nitrogen and oxygen atoms in total. The van der Waals surface area contributed by atoms with Crippen molar-refractivity contribution in [1.29, 1.82) is 0 Å². The maximum absolute atomic E-state index is 13.4. The molecule has 0 spiro atoms. The fourth-order valence-electron chi connectivity index (χ4n) is 1.75. The zero-order valence-electron chi connectivity index (χ0n) is 10.0. The monoisotopic (exact) mass is 257 g/mol. The van der Waals surface area contributed by atoms with Gasteiger partial charge < -0.3 is 10.2 Å². The standard InChI is InChI=1S/C13H17F2NO2/c1-2-6-16(7-8-17)9-12(18)13-10(14)4-3-5-11(13)15/h2-5,12,17-18H,1,6-9H2. The smallest absolute Gasteiger partial charge is 0.131 e. The molecule has 100 valence electrons. The second kappa shape index (κ2) is 7.20. The average Bonchev–Trinajstić information content (AvgIpc) is 2.29. The highest BCUT2D eigenvalue weighted by Crippen LogP contribution is 2.21. The molecule has 1 aromatic carbocycles. The molecule has 1 unspecified atom stereocenters. The van der Waals surface area contributed by atoms with Crippen molar-refractivity contribution < 1.29 is 19.0 Å². The van der Waals surface area contributed by atoms with Gasteiger partial charge in [0, 0.05) is 19.6 Å². The van der Waals surface area contributed by atoms with Crippen LogP contribution in [0, 0.1) is 11.6 Å². The molecular formula is C13H17F2NO2. The van der Waals surface area contributed by atoms with Crippen LogP contribution in [0.25, 0.3) is 0 Å². The zero-order valence-corrected chi connectivity index (χ0v) is 10.0. The molecule has 0 aromatic heterocycles. The van der Waals surface area contributed by atoms with Crippen LogP contribution >= 0.6 is 0 Å². The molecule has 18 heavy (non-hydrogen) atoms. The van der Waals surface area contributed by atoms with Crippen molar-refractivity contribution >= 4 is 0 Å². The Morgan fingerprint density at radius 2 is 1.94 bits per heavy atom. The van der Waals surface area contributed by atoms with Crippen molar-refractivity contribution in [2.24, 2.45) is 0 Å². The van der Waals surface area contributed by atoms with E-state index in [0.717, 1.165) is 12.1 Å². The van der Waals surface area contributed by atoms with Crippen molar-refractivity contribution in [2.45, 2.75) is 6.10 Å². The minimum absolute atomic E-state index is 0.0322. The number of hydrogen-bond acceptors (Lipinski definition) is 3. The molecule has 1 atom stereocenters.